The summed E-state index contributed by atoms with van der Waals surface area (Å²) in [4.78, 5) is 6.85. The van der Waals surface area contributed by atoms with Crippen LogP contribution in [0.5, 0.6) is 11.5 Å². The van der Waals surface area contributed by atoms with Gasteiger partial charge < -0.3 is 20.5 Å². The number of halogens is 1. The fourth-order valence-electron chi connectivity index (χ4n) is 2.65. The molecule has 144 valence electrons. The van der Waals surface area contributed by atoms with Gasteiger partial charge in [0.15, 0.2) is 5.96 Å². The molecule has 7 heteroatoms. The molecule has 0 unspecified atom stereocenters. The molecule has 3 N–H and O–H groups in total. The van der Waals surface area contributed by atoms with Gasteiger partial charge in [0.25, 0.3) is 0 Å². The molecule has 0 spiro atoms. The summed E-state index contributed by atoms with van der Waals surface area (Å²) in [6.07, 6.45) is 0.966. The SMILES string of the molecule is COc1ccc(OC)c(NC(N)=NCCCN(C(C)C)C(C)C)c1.I. The maximum Gasteiger partial charge on any atom is 0.193 e. The number of nitrogens with two attached hydrogens (primary N) is 1. The van der Waals surface area contributed by atoms with E-state index >= 15 is 0 Å². The molecule has 1 aromatic carbocycles. The Morgan fingerprint density at radius 2 is 1.80 bits per heavy atom. The molecule has 1 aromatic rings. The summed E-state index contributed by atoms with van der Waals surface area (Å²) in [6, 6.07) is 6.57. The highest BCUT2D eigenvalue weighted by molar-refractivity contribution is 14.0. The number of benzene rings is 1. The third kappa shape index (κ3) is 8.13. The lowest BCUT2D eigenvalue weighted by Gasteiger charge is -2.30. The lowest BCUT2D eigenvalue weighted by atomic mass is 10.2. The normalized spacial score (nSPS) is 11.6. The molecule has 0 aliphatic rings. The first kappa shape index (κ1) is 23.8. The summed E-state index contributed by atoms with van der Waals surface area (Å²) in [5.41, 5.74) is 6.73. The standard InChI is InChI=1S/C18H32N4O2.HI/c1-13(2)22(14(3)4)11-7-10-20-18(19)21-16-12-15(23-5)8-9-17(16)24-6;/h8-9,12-14H,7,10-11H2,1-6H3,(H3,19,20,21);1H. The zero-order valence-corrected chi connectivity index (χ0v) is 18.5. The minimum atomic E-state index is 0. The van der Waals surface area contributed by atoms with Crippen LogP contribution in [-0.2, 0) is 0 Å². The van der Waals surface area contributed by atoms with Gasteiger partial charge in [-0.2, -0.15) is 0 Å². The molecule has 1 rings (SSSR count). The van der Waals surface area contributed by atoms with Crippen LogP contribution in [0.25, 0.3) is 0 Å². The van der Waals surface area contributed by atoms with Crippen LogP contribution in [-0.4, -0.2) is 50.3 Å². The van der Waals surface area contributed by atoms with Crippen LogP contribution >= 0.6 is 24.0 Å². The van der Waals surface area contributed by atoms with Gasteiger partial charge in [0, 0.05) is 31.2 Å². The van der Waals surface area contributed by atoms with Gasteiger partial charge in [-0.15, -0.1) is 24.0 Å². The molecule has 0 amide bonds. The van der Waals surface area contributed by atoms with Crippen LogP contribution in [0.1, 0.15) is 34.1 Å². The first-order valence-corrected chi connectivity index (χ1v) is 8.43. The second kappa shape index (κ2) is 12.2. The predicted molar refractivity (Wildman–Crippen MR) is 117 cm³/mol. The molecule has 0 saturated heterocycles. The number of nitrogens with zero attached hydrogens (tertiary/aromatic N) is 2. The van der Waals surface area contributed by atoms with Crippen LogP contribution in [0.4, 0.5) is 5.69 Å². The summed E-state index contributed by atoms with van der Waals surface area (Å²) in [5, 5.41) is 3.08. The summed E-state index contributed by atoms with van der Waals surface area (Å²) in [6.45, 7) is 10.6. The van der Waals surface area contributed by atoms with Crippen LogP contribution < -0.4 is 20.5 Å². The topological polar surface area (TPSA) is 72.1 Å². The first-order chi connectivity index (χ1) is 11.4. The Morgan fingerprint density at radius 1 is 1.16 bits per heavy atom. The van der Waals surface area contributed by atoms with Gasteiger partial charge in [0.2, 0.25) is 0 Å². The number of ether oxygens (including phenoxy) is 2. The van der Waals surface area contributed by atoms with Crippen molar-refractivity contribution in [1.29, 1.82) is 0 Å². The highest BCUT2D eigenvalue weighted by Crippen LogP contribution is 2.28. The average Bonchev–Trinajstić information content (AvgIpc) is 2.53. The molecule has 0 saturated carbocycles. The van der Waals surface area contributed by atoms with Crippen molar-refractivity contribution >= 4 is 35.6 Å². The fraction of sp³-hybridized carbons (Fsp3) is 0.611. The third-order valence-electron chi connectivity index (χ3n) is 3.85. The summed E-state index contributed by atoms with van der Waals surface area (Å²) < 4.78 is 10.5. The minimum absolute atomic E-state index is 0. The van der Waals surface area contributed by atoms with Gasteiger partial charge in [0.1, 0.15) is 11.5 Å². The van der Waals surface area contributed by atoms with Crippen LogP contribution in [0.15, 0.2) is 23.2 Å². The number of rotatable bonds is 9. The molecule has 0 fully saturated rings. The lowest BCUT2D eigenvalue weighted by molar-refractivity contribution is 0.174. The second-order valence-corrected chi connectivity index (χ2v) is 6.24. The Hall–Kier alpha value is -1.22. The lowest BCUT2D eigenvalue weighted by Crippen LogP contribution is -2.38. The van der Waals surface area contributed by atoms with Gasteiger partial charge in [-0.05, 0) is 46.2 Å². The molecule has 0 aliphatic heterocycles. The Morgan fingerprint density at radius 3 is 2.32 bits per heavy atom. The molecule has 0 radical (unpaired) electrons. The van der Waals surface area contributed by atoms with E-state index in [1.165, 1.54) is 0 Å². The third-order valence-corrected chi connectivity index (χ3v) is 3.85. The number of anilines is 1. The summed E-state index contributed by atoms with van der Waals surface area (Å²) in [7, 11) is 3.24. The van der Waals surface area contributed by atoms with E-state index < -0.39 is 0 Å². The van der Waals surface area contributed by atoms with Crippen molar-refractivity contribution in [3.63, 3.8) is 0 Å². The predicted octanol–water partition coefficient (Wildman–Crippen LogP) is 3.56. The smallest absolute Gasteiger partial charge is 0.193 e. The fourth-order valence-corrected chi connectivity index (χ4v) is 2.65. The highest BCUT2D eigenvalue weighted by atomic mass is 127. The largest absolute Gasteiger partial charge is 0.497 e. The van der Waals surface area contributed by atoms with Gasteiger partial charge >= 0.3 is 0 Å². The number of guanidine groups is 1. The number of nitrogens with one attached hydrogen (secondary N) is 1. The number of aliphatic imine (C=N–C) groups is 1. The second-order valence-electron chi connectivity index (χ2n) is 6.24. The van der Waals surface area contributed by atoms with E-state index in [0.29, 0.717) is 30.3 Å². The molecule has 0 bridgehead atoms. The first-order valence-electron chi connectivity index (χ1n) is 8.43. The van der Waals surface area contributed by atoms with Gasteiger partial charge in [-0.3, -0.25) is 9.89 Å². The molecule has 0 aromatic heterocycles. The van der Waals surface area contributed by atoms with E-state index in [0.717, 1.165) is 24.4 Å². The monoisotopic (exact) mass is 464 g/mol. The minimum Gasteiger partial charge on any atom is -0.497 e. The highest BCUT2D eigenvalue weighted by Gasteiger charge is 2.12. The Bertz CT molecular complexity index is 528. The quantitative estimate of drug-likeness (QED) is 0.253. The molecule has 0 heterocycles. The zero-order valence-electron chi connectivity index (χ0n) is 16.2. The molecule has 0 atom stereocenters. The molecule has 6 nitrogen and oxygen atoms in total. The van der Waals surface area contributed by atoms with Crippen molar-refractivity contribution in [2.75, 3.05) is 32.6 Å². The van der Waals surface area contributed by atoms with Crippen molar-refractivity contribution in [3.8, 4) is 11.5 Å². The number of methoxy groups -OCH3 is 2. The molecular formula is C18H33IN4O2. The van der Waals surface area contributed by atoms with E-state index in [9.17, 15) is 0 Å². The van der Waals surface area contributed by atoms with E-state index in [4.69, 9.17) is 15.2 Å². The van der Waals surface area contributed by atoms with Crippen molar-refractivity contribution in [2.45, 2.75) is 46.2 Å². The summed E-state index contributed by atoms with van der Waals surface area (Å²) >= 11 is 0. The van der Waals surface area contributed by atoms with Crippen molar-refractivity contribution in [2.24, 2.45) is 10.7 Å². The summed E-state index contributed by atoms with van der Waals surface area (Å²) in [5.74, 6) is 1.80. The van der Waals surface area contributed by atoms with Crippen molar-refractivity contribution in [1.82, 2.24) is 4.90 Å². The van der Waals surface area contributed by atoms with E-state index in [1.54, 1.807) is 14.2 Å². The van der Waals surface area contributed by atoms with E-state index in [2.05, 4.69) is 42.9 Å². The van der Waals surface area contributed by atoms with Gasteiger partial charge in [0.05, 0.1) is 19.9 Å². The van der Waals surface area contributed by atoms with E-state index in [1.807, 2.05) is 18.2 Å². The number of hydrogen-bond donors (Lipinski definition) is 2. The van der Waals surface area contributed by atoms with Crippen LogP contribution in [0.2, 0.25) is 0 Å². The zero-order chi connectivity index (χ0) is 18.1. The van der Waals surface area contributed by atoms with Gasteiger partial charge in [-0.1, -0.05) is 0 Å². The van der Waals surface area contributed by atoms with Crippen LogP contribution in [0.3, 0.4) is 0 Å². The Balaban J connectivity index is 0.00000576. The van der Waals surface area contributed by atoms with Crippen LogP contribution in [0, 0.1) is 0 Å². The maximum absolute atomic E-state index is 5.99. The van der Waals surface area contributed by atoms with Crippen molar-refractivity contribution < 1.29 is 9.47 Å². The number of hydrogen-bond acceptors (Lipinski definition) is 4. The van der Waals surface area contributed by atoms with E-state index in [-0.39, 0.29) is 24.0 Å². The Labute approximate surface area is 169 Å². The average molecular weight is 464 g/mol. The molecule has 25 heavy (non-hydrogen) atoms. The Kier molecular flexibility index (Phi) is 11.6. The molecule has 0 aliphatic carbocycles. The molecular weight excluding hydrogens is 431 g/mol. The maximum atomic E-state index is 5.99. The van der Waals surface area contributed by atoms with Gasteiger partial charge in [-0.25, -0.2) is 0 Å². The van der Waals surface area contributed by atoms with Crippen molar-refractivity contribution in [3.05, 3.63) is 18.2 Å².